The third-order valence-electron chi connectivity index (χ3n) is 3.18. The first-order valence-corrected chi connectivity index (χ1v) is 9.09. The number of ether oxygens (including phenoxy) is 1. The fourth-order valence-corrected chi connectivity index (χ4v) is 3.24. The van der Waals surface area contributed by atoms with E-state index in [0.29, 0.717) is 22.2 Å². The molecule has 0 fully saturated rings. The van der Waals surface area contributed by atoms with E-state index in [1.807, 2.05) is 10.8 Å². The third kappa shape index (κ3) is 3.98. The van der Waals surface area contributed by atoms with Crippen LogP contribution < -0.4 is 10.1 Å². The topological polar surface area (TPSA) is 64.1 Å². The Labute approximate surface area is 148 Å². The van der Waals surface area contributed by atoms with Crippen molar-refractivity contribution in [2.24, 2.45) is 0 Å². The van der Waals surface area contributed by atoms with E-state index in [1.54, 1.807) is 30.3 Å². The standard InChI is InChI=1S/C17H17N3O2S2/c1-17(2,3)15-19-16(24-20-15)22-13-6-4-12(5-7-13)18-14(21)11-8-9-23-10-11/h4-10H,1-3H3,(H,18,21). The number of thiophene rings is 1. The number of hydrogen-bond donors (Lipinski definition) is 1. The van der Waals surface area contributed by atoms with Gasteiger partial charge >= 0.3 is 0 Å². The first-order chi connectivity index (χ1) is 11.4. The van der Waals surface area contributed by atoms with Gasteiger partial charge in [-0.05, 0) is 35.7 Å². The zero-order valence-electron chi connectivity index (χ0n) is 13.6. The van der Waals surface area contributed by atoms with Gasteiger partial charge in [0.25, 0.3) is 11.1 Å². The van der Waals surface area contributed by atoms with Crippen LogP contribution >= 0.6 is 22.9 Å². The first-order valence-electron chi connectivity index (χ1n) is 7.37. The molecule has 0 bridgehead atoms. The molecule has 0 radical (unpaired) electrons. The lowest BCUT2D eigenvalue weighted by Crippen LogP contribution is -2.12. The lowest BCUT2D eigenvalue weighted by atomic mass is 9.96. The minimum Gasteiger partial charge on any atom is -0.430 e. The molecule has 24 heavy (non-hydrogen) atoms. The van der Waals surface area contributed by atoms with Crippen molar-refractivity contribution < 1.29 is 9.53 Å². The summed E-state index contributed by atoms with van der Waals surface area (Å²) in [5, 5.41) is 7.04. The van der Waals surface area contributed by atoms with Crippen LogP contribution in [-0.2, 0) is 5.41 Å². The number of carbonyl (C=O) groups excluding carboxylic acids is 1. The predicted octanol–water partition coefficient (Wildman–Crippen LogP) is 4.94. The van der Waals surface area contributed by atoms with Crippen LogP contribution in [0.4, 0.5) is 5.69 Å². The molecule has 2 aromatic heterocycles. The molecule has 5 nitrogen and oxygen atoms in total. The number of nitrogens with one attached hydrogen (secondary N) is 1. The van der Waals surface area contributed by atoms with E-state index >= 15 is 0 Å². The molecule has 1 amide bonds. The molecule has 3 aromatic rings. The van der Waals surface area contributed by atoms with Crippen LogP contribution in [0.3, 0.4) is 0 Å². The molecule has 3 rings (SSSR count). The van der Waals surface area contributed by atoms with Gasteiger partial charge in [0.2, 0.25) is 0 Å². The van der Waals surface area contributed by atoms with Crippen molar-refractivity contribution in [1.29, 1.82) is 0 Å². The summed E-state index contributed by atoms with van der Waals surface area (Å²) in [6, 6.07) is 8.97. The Morgan fingerprint density at radius 2 is 1.92 bits per heavy atom. The summed E-state index contributed by atoms with van der Waals surface area (Å²) in [5.41, 5.74) is 1.27. The van der Waals surface area contributed by atoms with Crippen molar-refractivity contribution >= 4 is 34.5 Å². The second kappa shape index (κ2) is 6.70. The van der Waals surface area contributed by atoms with E-state index < -0.39 is 0 Å². The van der Waals surface area contributed by atoms with Crippen LogP contribution in [0.1, 0.15) is 37.0 Å². The lowest BCUT2D eigenvalue weighted by molar-refractivity contribution is 0.102. The van der Waals surface area contributed by atoms with E-state index in [0.717, 1.165) is 5.82 Å². The van der Waals surface area contributed by atoms with Crippen molar-refractivity contribution in [2.75, 3.05) is 5.32 Å². The molecule has 124 valence electrons. The molecule has 1 aromatic carbocycles. The maximum atomic E-state index is 12.0. The Morgan fingerprint density at radius 3 is 2.50 bits per heavy atom. The normalized spacial score (nSPS) is 11.3. The summed E-state index contributed by atoms with van der Waals surface area (Å²) in [6.07, 6.45) is 0. The molecular weight excluding hydrogens is 342 g/mol. The van der Waals surface area contributed by atoms with Gasteiger partial charge in [0.15, 0.2) is 5.82 Å². The van der Waals surface area contributed by atoms with Crippen molar-refractivity contribution in [2.45, 2.75) is 26.2 Å². The molecule has 0 aliphatic heterocycles. The SMILES string of the molecule is CC(C)(C)c1nsc(Oc2ccc(NC(=O)c3ccsc3)cc2)n1. The Bertz CT molecular complexity index is 818. The summed E-state index contributed by atoms with van der Waals surface area (Å²) in [6.45, 7) is 6.18. The maximum Gasteiger partial charge on any atom is 0.298 e. The number of anilines is 1. The van der Waals surface area contributed by atoms with Crippen LogP contribution in [0.15, 0.2) is 41.1 Å². The molecule has 1 N–H and O–H groups in total. The highest BCUT2D eigenvalue weighted by atomic mass is 32.1. The van der Waals surface area contributed by atoms with Crippen LogP contribution in [0, 0.1) is 0 Å². The molecule has 0 unspecified atom stereocenters. The highest BCUT2D eigenvalue weighted by Gasteiger charge is 2.20. The van der Waals surface area contributed by atoms with Gasteiger partial charge in [-0.15, -0.1) is 0 Å². The summed E-state index contributed by atoms with van der Waals surface area (Å²) in [5.74, 6) is 1.30. The van der Waals surface area contributed by atoms with Gasteiger partial charge in [-0.2, -0.15) is 20.7 Å². The molecule has 0 spiro atoms. The van der Waals surface area contributed by atoms with E-state index in [-0.39, 0.29) is 11.3 Å². The molecule has 7 heteroatoms. The number of amides is 1. The molecule has 2 heterocycles. The summed E-state index contributed by atoms with van der Waals surface area (Å²) in [7, 11) is 0. The van der Waals surface area contributed by atoms with Gasteiger partial charge in [0, 0.05) is 28.0 Å². The molecular formula is C17H17N3O2S2. The third-order valence-corrected chi connectivity index (χ3v) is 4.46. The largest absolute Gasteiger partial charge is 0.430 e. The highest BCUT2D eigenvalue weighted by Crippen LogP contribution is 2.28. The number of nitrogens with zero attached hydrogens (tertiary/aromatic N) is 2. The van der Waals surface area contributed by atoms with Gasteiger partial charge in [0.05, 0.1) is 5.56 Å². The maximum absolute atomic E-state index is 12.0. The predicted molar refractivity (Wildman–Crippen MR) is 97.4 cm³/mol. The van der Waals surface area contributed by atoms with Gasteiger partial charge in [0.1, 0.15) is 5.75 Å². The van der Waals surface area contributed by atoms with Crippen LogP contribution in [0.5, 0.6) is 10.9 Å². The van der Waals surface area contributed by atoms with Gasteiger partial charge in [-0.1, -0.05) is 20.8 Å². The van der Waals surface area contributed by atoms with Crippen molar-refractivity contribution in [3.05, 3.63) is 52.5 Å². The first kappa shape index (κ1) is 16.6. The van der Waals surface area contributed by atoms with Crippen molar-refractivity contribution in [3.8, 4) is 10.9 Å². The lowest BCUT2D eigenvalue weighted by Gasteiger charge is -2.12. The number of rotatable bonds is 4. The van der Waals surface area contributed by atoms with Gasteiger partial charge in [-0.3, -0.25) is 4.79 Å². The zero-order valence-corrected chi connectivity index (χ0v) is 15.2. The molecule has 0 saturated carbocycles. The summed E-state index contributed by atoms with van der Waals surface area (Å²) in [4.78, 5) is 16.4. The number of carbonyl (C=O) groups is 1. The average Bonchev–Trinajstić information content (AvgIpc) is 3.19. The Morgan fingerprint density at radius 1 is 1.17 bits per heavy atom. The monoisotopic (exact) mass is 359 g/mol. The summed E-state index contributed by atoms with van der Waals surface area (Å²) >= 11 is 2.73. The number of hydrogen-bond acceptors (Lipinski definition) is 6. The number of aromatic nitrogens is 2. The highest BCUT2D eigenvalue weighted by molar-refractivity contribution is 7.08. The van der Waals surface area contributed by atoms with Crippen molar-refractivity contribution in [1.82, 2.24) is 9.36 Å². The quantitative estimate of drug-likeness (QED) is 0.716. The Balaban J connectivity index is 1.64. The smallest absolute Gasteiger partial charge is 0.298 e. The van der Waals surface area contributed by atoms with E-state index in [2.05, 4.69) is 35.4 Å². The number of benzene rings is 1. The van der Waals surface area contributed by atoms with Crippen molar-refractivity contribution in [3.63, 3.8) is 0 Å². The average molecular weight is 359 g/mol. The molecule has 0 aliphatic rings. The molecule has 0 saturated heterocycles. The Hall–Kier alpha value is -2.25. The second-order valence-corrected chi connectivity index (χ2v) is 7.72. The van der Waals surface area contributed by atoms with E-state index in [9.17, 15) is 4.79 Å². The van der Waals surface area contributed by atoms with Gasteiger partial charge in [-0.25, -0.2) is 0 Å². The van der Waals surface area contributed by atoms with Crippen LogP contribution in [-0.4, -0.2) is 15.3 Å². The second-order valence-electron chi connectivity index (χ2n) is 6.23. The Kier molecular flexibility index (Phi) is 4.64. The fourth-order valence-electron chi connectivity index (χ4n) is 1.86. The van der Waals surface area contributed by atoms with E-state index in [4.69, 9.17) is 4.74 Å². The minimum absolute atomic E-state index is 0.103. The van der Waals surface area contributed by atoms with Gasteiger partial charge < -0.3 is 10.1 Å². The summed E-state index contributed by atoms with van der Waals surface area (Å²) < 4.78 is 10.0. The minimum atomic E-state index is -0.121. The van der Waals surface area contributed by atoms with Crippen LogP contribution in [0.2, 0.25) is 0 Å². The fraction of sp³-hybridized carbons (Fsp3) is 0.235. The van der Waals surface area contributed by atoms with Crippen LogP contribution in [0.25, 0.3) is 0 Å². The molecule has 0 aliphatic carbocycles. The molecule has 0 atom stereocenters. The zero-order chi connectivity index (χ0) is 17.2. The van der Waals surface area contributed by atoms with E-state index in [1.165, 1.54) is 22.9 Å².